The second kappa shape index (κ2) is 7.20. The Hall–Kier alpha value is -2.59. The normalized spacial score (nSPS) is 15.4. The molecule has 0 amide bonds. The molecule has 4 heteroatoms. The zero-order chi connectivity index (χ0) is 19.0. The molecule has 0 saturated carbocycles. The molecule has 1 fully saturated rings. The molecule has 3 aromatic rings. The van der Waals surface area contributed by atoms with E-state index in [0.29, 0.717) is 6.54 Å². The van der Waals surface area contributed by atoms with Gasteiger partial charge in [0.1, 0.15) is 0 Å². The van der Waals surface area contributed by atoms with Gasteiger partial charge < -0.3 is 9.88 Å². The smallest absolute Gasteiger partial charge is 0.178 e. The number of hydrogen-bond donors (Lipinski definition) is 1. The van der Waals surface area contributed by atoms with Gasteiger partial charge in [0.05, 0.1) is 6.54 Å². The van der Waals surface area contributed by atoms with Crippen molar-refractivity contribution >= 4 is 22.4 Å². The zero-order valence-electron chi connectivity index (χ0n) is 16.4. The van der Waals surface area contributed by atoms with E-state index in [2.05, 4.69) is 65.9 Å². The number of aryl methyl sites for hydroxylation is 3. The maximum absolute atomic E-state index is 12.9. The predicted molar refractivity (Wildman–Crippen MR) is 112 cm³/mol. The number of nitrogens with zero attached hydrogens (tertiary/aromatic N) is 2. The van der Waals surface area contributed by atoms with Crippen LogP contribution < -0.4 is 4.90 Å². The molecule has 0 spiro atoms. The van der Waals surface area contributed by atoms with Crippen molar-refractivity contribution in [3.63, 3.8) is 0 Å². The fourth-order valence-corrected chi connectivity index (χ4v) is 3.96. The van der Waals surface area contributed by atoms with E-state index in [4.69, 9.17) is 0 Å². The second-order valence-electron chi connectivity index (χ2n) is 7.73. The van der Waals surface area contributed by atoms with Crippen LogP contribution in [0.4, 0.5) is 5.69 Å². The highest BCUT2D eigenvalue weighted by Crippen LogP contribution is 2.24. The number of aromatic amines is 1. The molecule has 2 aromatic carbocycles. The number of anilines is 1. The maximum atomic E-state index is 12.9. The van der Waals surface area contributed by atoms with Gasteiger partial charge in [-0.05, 0) is 50.1 Å². The summed E-state index contributed by atoms with van der Waals surface area (Å²) in [4.78, 5) is 20.8. The molecule has 4 rings (SSSR count). The van der Waals surface area contributed by atoms with Gasteiger partial charge in [0, 0.05) is 54.5 Å². The van der Waals surface area contributed by atoms with Crippen molar-refractivity contribution in [3.05, 3.63) is 64.8 Å². The summed E-state index contributed by atoms with van der Waals surface area (Å²) in [5.41, 5.74) is 6.96. The molecular weight excluding hydrogens is 334 g/mol. The topological polar surface area (TPSA) is 39.3 Å². The Morgan fingerprint density at radius 3 is 2.44 bits per heavy atom. The van der Waals surface area contributed by atoms with Gasteiger partial charge in [0.15, 0.2) is 5.78 Å². The van der Waals surface area contributed by atoms with E-state index in [0.717, 1.165) is 42.6 Å². The highest BCUT2D eigenvalue weighted by molar-refractivity contribution is 6.08. The van der Waals surface area contributed by atoms with Crippen LogP contribution in [0.25, 0.3) is 10.9 Å². The van der Waals surface area contributed by atoms with Gasteiger partial charge in [-0.2, -0.15) is 0 Å². The minimum atomic E-state index is 0.201. The van der Waals surface area contributed by atoms with Gasteiger partial charge in [-0.3, -0.25) is 9.69 Å². The molecule has 0 atom stereocenters. The second-order valence-corrected chi connectivity index (χ2v) is 7.73. The average molecular weight is 361 g/mol. The number of piperazine rings is 1. The van der Waals surface area contributed by atoms with Gasteiger partial charge in [-0.1, -0.05) is 23.8 Å². The van der Waals surface area contributed by atoms with Crippen molar-refractivity contribution in [2.24, 2.45) is 0 Å². The lowest BCUT2D eigenvalue weighted by Crippen LogP contribution is -2.48. The number of ketones is 1. The molecule has 1 aliphatic rings. The number of hydrogen-bond acceptors (Lipinski definition) is 3. The van der Waals surface area contributed by atoms with Crippen molar-refractivity contribution in [1.82, 2.24) is 9.88 Å². The van der Waals surface area contributed by atoms with E-state index in [1.54, 1.807) is 0 Å². The molecule has 4 nitrogen and oxygen atoms in total. The van der Waals surface area contributed by atoms with E-state index in [9.17, 15) is 4.79 Å². The fraction of sp³-hybridized carbons (Fsp3) is 0.348. The summed E-state index contributed by atoms with van der Waals surface area (Å²) in [6.45, 7) is 10.6. The maximum Gasteiger partial charge on any atom is 0.178 e. The summed E-state index contributed by atoms with van der Waals surface area (Å²) in [6, 6.07) is 12.8. The Balaban J connectivity index is 1.42. The largest absolute Gasteiger partial charge is 0.369 e. The summed E-state index contributed by atoms with van der Waals surface area (Å²) in [5, 5.41) is 1.04. The third-order valence-electron chi connectivity index (χ3n) is 5.58. The molecule has 2 heterocycles. The quantitative estimate of drug-likeness (QED) is 0.711. The average Bonchev–Trinajstić information content (AvgIpc) is 3.07. The Morgan fingerprint density at radius 1 is 0.963 bits per heavy atom. The lowest BCUT2D eigenvalue weighted by Gasteiger charge is -2.36. The first-order valence-corrected chi connectivity index (χ1v) is 9.67. The van der Waals surface area contributed by atoms with Crippen LogP contribution in [0.3, 0.4) is 0 Å². The Labute approximate surface area is 160 Å². The molecule has 0 aliphatic carbocycles. The highest BCUT2D eigenvalue weighted by Gasteiger charge is 2.22. The lowest BCUT2D eigenvalue weighted by molar-refractivity contribution is 0.0928. The van der Waals surface area contributed by atoms with E-state index in [1.165, 1.54) is 22.4 Å². The Bertz CT molecular complexity index is 980. The number of carbonyl (C=O) groups is 1. The van der Waals surface area contributed by atoms with Crippen LogP contribution in [0, 0.1) is 20.8 Å². The number of nitrogens with one attached hydrogen (secondary N) is 1. The molecule has 1 aromatic heterocycles. The zero-order valence-corrected chi connectivity index (χ0v) is 16.4. The first kappa shape index (κ1) is 17.8. The molecule has 0 unspecified atom stereocenters. The lowest BCUT2D eigenvalue weighted by atomic mass is 10.1. The summed E-state index contributed by atoms with van der Waals surface area (Å²) in [5.74, 6) is 0.201. The van der Waals surface area contributed by atoms with Crippen LogP contribution in [-0.4, -0.2) is 48.4 Å². The van der Waals surface area contributed by atoms with E-state index < -0.39 is 0 Å². The van der Waals surface area contributed by atoms with Crippen molar-refractivity contribution in [3.8, 4) is 0 Å². The summed E-state index contributed by atoms with van der Waals surface area (Å²) >= 11 is 0. The number of Topliss-reactive ketones (excluding diaryl/α,β-unsaturated/α-hetero) is 1. The number of fused-ring (bicyclic) bond motifs is 1. The van der Waals surface area contributed by atoms with E-state index >= 15 is 0 Å². The summed E-state index contributed by atoms with van der Waals surface area (Å²) in [6.07, 6.45) is 1.86. The van der Waals surface area contributed by atoms with Gasteiger partial charge in [-0.15, -0.1) is 0 Å². The van der Waals surface area contributed by atoms with Crippen LogP contribution in [0.15, 0.2) is 42.6 Å². The number of H-pyrrole nitrogens is 1. The minimum Gasteiger partial charge on any atom is -0.369 e. The van der Waals surface area contributed by atoms with Crippen LogP contribution in [-0.2, 0) is 0 Å². The van der Waals surface area contributed by atoms with Crippen molar-refractivity contribution < 1.29 is 4.79 Å². The van der Waals surface area contributed by atoms with Crippen molar-refractivity contribution in [1.29, 1.82) is 0 Å². The summed E-state index contributed by atoms with van der Waals surface area (Å²) in [7, 11) is 0. The molecule has 0 radical (unpaired) electrons. The SMILES string of the molecule is Cc1ccc(C)c(N2CCN(CC(=O)c3c[nH]c4ccc(C)cc34)CC2)c1. The monoisotopic (exact) mass is 361 g/mol. The number of carbonyl (C=O) groups excluding carboxylic acids is 1. The highest BCUT2D eigenvalue weighted by atomic mass is 16.1. The van der Waals surface area contributed by atoms with Crippen molar-refractivity contribution in [2.75, 3.05) is 37.6 Å². The molecule has 27 heavy (non-hydrogen) atoms. The fourth-order valence-electron chi connectivity index (χ4n) is 3.96. The van der Waals surface area contributed by atoms with Crippen molar-refractivity contribution in [2.45, 2.75) is 20.8 Å². The third-order valence-corrected chi connectivity index (χ3v) is 5.58. The number of aromatic nitrogens is 1. The number of rotatable bonds is 4. The molecule has 140 valence electrons. The third kappa shape index (κ3) is 3.62. The Morgan fingerprint density at radius 2 is 1.67 bits per heavy atom. The predicted octanol–water partition coefficient (Wildman–Crippen LogP) is 4.10. The first-order valence-electron chi connectivity index (χ1n) is 9.67. The molecule has 1 saturated heterocycles. The van der Waals surface area contributed by atoms with Crippen LogP contribution >= 0.6 is 0 Å². The van der Waals surface area contributed by atoms with Gasteiger partial charge in [0.25, 0.3) is 0 Å². The van der Waals surface area contributed by atoms with Crippen LogP contribution in [0.1, 0.15) is 27.0 Å². The first-order chi connectivity index (χ1) is 13.0. The van der Waals surface area contributed by atoms with E-state index in [-0.39, 0.29) is 5.78 Å². The van der Waals surface area contributed by atoms with Crippen LogP contribution in [0.5, 0.6) is 0 Å². The minimum absolute atomic E-state index is 0.201. The molecule has 1 N–H and O–H groups in total. The van der Waals surface area contributed by atoms with E-state index in [1.807, 2.05) is 12.3 Å². The van der Waals surface area contributed by atoms with Gasteiger partial charge in [0.2, 0.25) is 0 Å². The van der Waals surface area contributed by atoms with Gasteiger partial charge >= 0.3 is 0 Å². The molecule has 0 bridgehead atoms. The molecule has 1 aliphatic heterocycles. The Kier molecular flexibility index (Phi) is 4.75. The van der Waals surface area contributed by atoms with Crippen LogP contribution in [0.2, 0.25) is 0 Å². The molecular formula is C23H27N3O. The number of benzene rings is 2. The van der Waals surface area contributed by atoms with Gasteiger partial charge in [-0.25, -0.2) is 0 Å². The standard InChI is InChI=1S/C23H27N3O/c1-16-5-7-21-19(12-16)20(14-24-21)23(27)15-25-8-10-26(11-9-25)22-13-17(2)4-6-18(22)3/h4-7,12-14,24H,8-11,15H2,1-3H3. The summed E-state index contributed by atoms with van der Waals surface area (Å²) < 4.78 is 0.